The number of rotatable bonds is 8. The van der Waals surface area contributed by atoms with Crippen molar-refractivity contribution in [3.8, 4) is 11.5 Å². The van der Waals surface area contributed by atoms with E-state index < -0.39 is 0 Å². The fourth-order valence-electron chi connectivity index (χ4n) is 4.21. The van der Waals surface area contributed by atoms with Crippen molar-refractivity contribution in [2.24, 2.45) is 0 Å². The highest BCUT2D eigenvalue weighted by molar-refractivity contribution is 5.94. The summed E-state index contributed by atoms with van der Waals surface area (Å²) >= 11 is 0. The molecule has 2 aromatic carbocycles. The second-order valence-corrected chi connectivity index (χ2v) is 8.47. The summed E-state index contributed by atoms with van der Waals surface area (Å²) in [6.07, 6.45) is 3.39. The molecule has 2 heterocycles. The van der Waals surface area contributed by atoms with E-state index in [1.54, 1.807) is 17.0 Å². The third kappa shape index (κ3) is 5.30. The lowest BCUT2D eigenvalue weighted by molar-refractivity contribution is -0.131. The largest absolute Gasteiger partial charge is 0.345 e. The minimum atomic E-state index is -0.154. The van der Waals surface area contributed by atoms with E-state index in [4.69, 9.17) is 4.52 Å². The fourth-order valence-corrected chi connectivity index (χ4v) is 4.21. The number of amides is 2. The number of nitrogens with zero attached hydrogens (tertiary/aromatic N) is 4. The molecule has 0 saturated carbocycles. The van der Waals surface area contributed by atoms with Crippen molar-refractivity contribution >= 4 is 11.8 Å². The number of likely N-dealkylation sites (tertiary alicyclic amines) is 1. The Morgan fingerprint density at radius 1 is 1.06 bits per heavy atom. The fraction of sp³-hybridized carbons (Fsp3) is 0.385. The molecule has 4 rings (SSSR count). The molecule has 1 aliphatic heterocycles. The van der Waals surface area contributed by atoms with Crippen LogP contribution in [-0.2, 0) is 11.2 Å². The Morgan fingerprint density at radius 3 is 2.42 bits per heavy atom. The molecule has 2 amide bonds. The standard InChI is InChI=1S/C26H30N4O3/c1-3-22(19-9-5-4-6-10-19)26(32)29(2)18-15-23-27-24(33-28-23)20-11-13-21(14-12-20)25(31)30-16-7-8-17-30/h4-6,9-14,22H,3,7-8,15-18H2,1-2H3/t22-/m1/s1. The van der Waals surface area contributed by atoms with E-state index in [0.717, 1.165) is 43.5 Å². The third-order valence-corrected chi connectivity index (χ3v) is 6.20. The first kappa shape index (κ1) is 22.7. The van der Waals surface area contributed by atoms with Crippen molar-refractivity contribution in [1.29, 1.82) is 0 Å². The van der Waals surface area contributed by atoms with Crippen LogP contribution in [0, 0.1) is 0 Å². The van der Waals surface area contributed by atoms with E-state index in [1.807, 2.05) is 61.3 Å². The molecule has 0 radical (unpaired) electrons. The molecule has 0 N–H and O–H groups in total. The van der Waals surface area contributed by atoms with Gasteiger partial charge in [-0.25, -0.2) is 0 Å². The molecule has 1 saturated heterocycles. The van der Waals surface area contributed by atoms with Crippen molar-refractivity contribution in [1.82, 2.24) is 19.9 Å². The van der Waals surface area contributed by atoms with Crippen LogP contribution in [0.2, 0.25) is 0 Å². The predicted molar refractivity (Wildman–Crippen MR) is 126 cm³/mol. The van der Waals surface area contributed by atoms with Gasteiger partial charge in [0, 0.05) is 44.2 Å². The quantitative estimate of drug-likeness (QED) is 0.519. The van der Waals surface area contributed by atoms with Crippen molar-refractivity contribution < 1.29 is 14.1 Å². The summed E-state index contributed by atoms with van der Waals surface area (Å²) < 4.78 is 5.42. The Kier molecular flexibility index (Phi) is 7.17. The molecule has 7 heteroatoms. The Bertz CT molecular complexity index is 1070. The summed E-state index contributed by atoms with van der Waals surface area (Å²) in [6.45, 7) is 4.19. The van der Waals surface area contributed by atoms with Gasteiger partial charge in [0.25, 0.3) is 11.8 Å². The first-order valence-corrected chi connectivity index (χ1v) is 11.6. The summed E-state index contributed by atoms with van der Waals surface area (Å²) in [5.74, 6) is 0.966. The summed E-state index contributed by atoms with van der Waals surface area (Å²) in [5.41, 5.74) is 2.47. The Hall–Kier alpha value is -3.48. The maximum Gasteiger partial charge on any atom is 0.257 e. The summed E-state index contributed by atoms with van der Waals surface area (Å²) in [6, 6.07) is 17.1. The second kappa shape index (κ2) is 10.4. The summed E-state index contributed by atoms with van der Waals surface area (Å²) in [7, 11) is 1.81. The minimum Gasteiger partial charge on any atom is -0.345 e. The zero-order chi connectivity index (χ0) is 23.2. The monoisotopic (exact) mass is 446 g/mol. The topological polar surface area (TPSA) is 79.5 Å². The van der Waals surface area contributed by atoms with Crippen LogP contribution in [-0.4, -0.2) is 58.4 Å². The average molecular weight is 447 g/mol. The molecule has 1 atom stereocenters. The van der Waals surface area contributed by atoms with Crippen LogP contribution in [0.1, 0.15) is 53.8 Å². The van der Waals surface area contributed by atoms with Gasteiger partial charge in [-0.15, -0.1) is 0 Å². The molecule has 0 aliphatic carbocycles. The first-order chi connectivity index (χ1) is 16.1. The predicted octanol–water partition coefficient (Wildman–Crippen LogP) is 4.17. The lowest BCUT2D eigenvalue weighted by Crippen LogP contribution is -2.33. The maximum atomic E-state index is 12.9. The van der Waals surface area contributed by atoms with Gasteiger partial charge in [-0.3, -0.25) is 9.59 Å². The number of carbonyl (C=O) groups is 2. The number of likely N-dealkylation sites (N-methyl/N-ethyl adjacent to an activating group) is 1. The Balaban J connectivity index is 1.34. The molecule has 1 aromatic heterocycles. The molecule has 0 spiro atoms. The lowest BCUT2D eigenvalue weighted by Gasteiger charge is -2.23. The van der Waals surface area contributed by atoms with Gasteiger partial charge in [-0.05, 0) is 49.1 Å². The molecule has 1 fully saturated rings. The molecular formula is C26H30N4O3. The molecular weight excluding hydrogens is 416 g/mol. The van der Waals surface area contributed by atoms with Crippen molar-refractivity contribution in [2.75, 3.05) is 26.7 Å². The van der Waals surface area contributed by atoms with Gasteiger partial charge in [-0.1, -0.05) is 42.4 Å². The van der Waals surface area contributed by atoms with Gasteiger partial charge in [0.05, 0.1) is 5.92 Å². The van der Waals surface area contributed by atoms with Crippen molar-refractivity contribution in [2.45, 2.75) is 38.5 Å². The van der Waals surface area contributed by atoms with Crippen LogP contribution in [0.25, 0.3) is 11.5 Å². The maximum absolute atomic E-state index is 12.9. The molecule has 1 aliphatic rings. The van der Waals surface area contributed by atoms with E-state index in [0.29, 0.717) is 30.2 Å². The molecule has 33 heavy (non-hydrogen) atoms. The van der Waals surface area contributed by atoms with Crippen LogP contribution < -0.4 is 0 Å². The van der Waals surface area contributed by atoms with Crippen molar-refractivity contribution in [3.63, 3.8) is 0 Å². The smallest absolute Gasteiger partial charge is 0.257 e. The van der Waals surface area contributed by atoms with Gasteiger partial charge < -0.3 is 14.3 Å². The zero-order valence-corrected chi connectivity index (χ0v) is 19.2. The Labute approximate surface area is 194 Å². The van der Waals surface area contributed by atoms with Gasteiger partial charge in [-0.2, -0.15) is 4.98 Å². The highest BCUT2D eigenvalue weighted by Gasteiger charge is 2.23. The highest BCUT2D eigenvalue weighted by Crippen LogP contribution is 2.22. The van der Waals surface area contributed by atoms with E-state index in [2.05, 4.69) is 10.1 Å². The minimum absolute atomic E-state index is 0.0684. The number of hydrogen-bond acceptors (Lipinski definition) is 5. The van der Waals surface area contributed by atoms with E-state index in [1.165, 1.54) is 0 Å². The zero-order valence-electron chi connectivity index (χ0n) is 19.2. The number of hydrogen-bond donors (Lipinski definition) is 0. The van der Waals surface area contributed by atoms with Crippen LogP contribution in [0.3, 0.4) is 0 Å². The van der Waals surface area contributed by atoms with Crippen LogP contribution in [0.5, 0.6) is 0 Å². The lowest BCUT2D eigenvalue weighted by atomic mass is 9.95. The molecule has 0 bridgehead atoms. The van der Waals surface area contributed by atoms with Gasteiger partial charge >= 0.3 is 0 Å². The van der Waals surface area contributed by atoms with Crippen LogP contribution in [0.4, 0.5) is 0 Å². The number of aromatic nitrogens is 2. The Morgan fingerprint density at radius 2 is 1.76 bits per heavy atom. The molecule has 7 nitrogen and oxygen atoms in total. The van der Waals surface area contributed by atoms with E-state index >= 15 is 0 Å². The van der Waals surface area contributed by atoms with Gasteiger partial charge in [0.15, 0.2) is 5.82 Å². The SMILES string of the molecule is CC[C@@H](C(=O)N(C)CCc1noc(-c2ccc(C(=O)N3CCCC3)cc2)n1)c1ccccc1. The van der Waals surface area contributed by atoms with Crippen molar-refractivity contribution in [3.05, 3.63) is 71.5 Å². The molecule has 172 valence electrons. The molecule has 0 unspecified atom stereocenters. The third-order valence-electron chi connectivity index (χ3n) is 6.20. The highest BCUT2D eigenvalue weighted by atomic mass is 16.5. The number of benzene rings is 2. The van der Waals surface area contributed by atoms with E-state index in [-0.39, 0.29) is 17.7 Å². The normalized spacial score (nSPS) is 14.3. The molecule has 3 aromatic rings. The first-order valence-electron chi connectivity index (χ1n) is 11.6. The average Bonchev–Trinajstić information content (AvgIpc) is 3.56. The van der Waals surface area contributed by atoms with Gasteiger partial charge in [0.2, 0.25) is 5.91 Å². The van der Waals surface area contributed by atoms with E-state index in [9.17, 15) is 9.59 Å². The summed E-state index contributed by atoms with van der Waals surface area (Å²) in [4.78, 5) is 33.5. The second-order valence-electron chi connectivity index (χ2n) is 8.47. The van der Waals surface area contributed by atoms with Gasteiger partial charge in [0.1, 0.15) is 0 Å². The van der Waals surface area contributed by atoms with Crippen LogP contribution in [0.15, 0.2) is 59.1 Å². The number of carbonyl (C=O) groups excluding carboxylic acids is 2. The summed E-state index contributed by atoms with van der Waals surface area (Å²) in [5, 5.41) is 4.07. The van der Waals surface area contributed by atoms with Crippen LogP contribution >= 0.6 is 0 Å².